The maximum atomic E-state index is 13.1. The van der Waals surface area contributed by atoms with E-state index in [0.717, 1.165) is 22.1 Å². The maximum absolute atomic E-state index is 13.1. The van der Waals surface area contributed by atoms with Gasteiger partial charge in [0.25, 0.3) is 0 Å². The standard InChI is InChI=1S/C18H17F3N2S.ClH/c1-12(2)10-23(14-5-7-22-8-6-14)16-11-24-17-4-3-13(9-15(16)17)18(19,20)21;/h3-9,11-12H,10H2,1-2H3;1H. The average molecular weight is 387 g/mol. The molecule has 0 aliphatic carbocycles. The molecule has 25 heavy (non-hydrogen) atoms. The highest BCUT2D eigenvalue weighted by Gasteiger charge is 2.31. The summed E-state index contributed by atoms with van der Waals surface area (Å²) in [5.74, 6) is 0.360. The van der Waals surface area contributed by atoms with Crippen molar-refractivity contribution in [1.29, 1.82) is 0 Å². The first-order valence-corrected chi connectivity index (χ1v) is 8.50. The molecule has 0 spiro atoms. The molecule has 134 valence electrons. The topological polar surface area (TPSA) is 16.1 Å². The summed E-state index contributed by atoms with van der Waals surface area (Å²) >= 11 is 1.46. The molecule has 1 aromatic carbocycles. The molecule has 2 nitrogen and oxygen atoms in total. The average Bonchev–Trinajstić information content (AvgIpc) is 2.95. The Morgan fingerprint density at radius 1 is 1.12 bits per heavy atom. The molecule has 3 aromatic rings. The van der Waals surface area contributed by atoms with Crippen molar-refractivity contribution in [2.45, 2.75) is 20.0 Å². The van der Waals surface area contributed by atoms with E-state index in [2.05, 4.69) is 23.7 Å². The minimum atomic E-state index is -4.34. The van der Waals surface area contributed by atoms with Crippen molar-refractivity contribution >= 4 is 45.2 Å². The molecule has 0 bridgehead atoms. The number of hydrogen-bond acceptors (Lipinski definition) is 3. The van der Waals surface area contributed by atoms with Gasteiger partial charge in [-0.3, -0.25) is 4.98 Å². The summed E-state index contributed by atoms with van der Waals surface area (Å²) in [4.78, 5) is 6.09. The van der Waals surface area contributed by atoms with Gasteiger partial charge in [0.05, 0.1) is 11.3 Å². The smallest absolute Gasteiger partial charge is 0.340 e. The number of nitrogens with zero attached hydrogens (tertiary/aromatic N) is 2. The predicted molar refractivity (Wildman–Crippen MR) is 100 cm³/mol. The monoisotopic (exact) mass is 386 g/mol. The molecule has 2 aromatic heterocycles. The van der Waals surface area contributed by atoms with Gasteiger partial charge in [-0.2, -0.15) is 13.2 Å². The van der Waals surface area contributed by atoms with Crippen molar-refractivity contribution in [1.82, 2.24) is 4.98 Å². The lowest BCUT2D eigenvalue weighted by Crippen LogP contribution is -2.22. The Labute approximate surface area is 154 Å². The van der Waals surface area contributed by atoms with Crippen LogP contribution in [0.25, 0.3) is 10.1 Å². The Balaban J connectivity index is 0.00000225. The van der Waals surface area contributed by atoms with Crippen molar-refractivity contribution in [3.05, 3.63) is 53.7 Å². The lowest BCUT2D eigenvalue weighted by Gasteiger charge is -2.26. The maximum Gasteiger partial charge on any atom is 0.416 e. The Morgan fingerprint density at radius 2 is 1.80 bits per heavy atom. The van der Waals surface area contributed by atoms with E-state index in [1.165, 1.54) is 17.4 Å². The van der Waals surface area contributed by atoms with Gasteiger partial charge < -0.3 is 4.90 Å². The number of alkyl halides is 3. The van der Waals surface area contributed by atoms with E-state index in [-0.39, 0.29) is 12.4 Å². The van der Waals surface area contributed by atoms with E-state index in [1.807, 2.05) is 17.5 Å². The third-order valence-electron chi connectivity index (χ3n) is 3.69. The summed E-state index contributed by atoms with van der Waals surface area (Å²) in [6.07, 6.45) is -0.955. The lowest BCUT2D eigenvalue weighted by molar-refractivity contribution is -0.137. The number of hydrogen-bond donors (Lipinski definition) is 0. The first-order chi connectivity index (χ1) is 11.4. The third kappa shape index (κ3) is 4.25. The Bertz CT molecular complexity index is 831. The second kappa shape index (κ2) is 7.62. The first kappa shape index (κ1) is 19.5. The fraction of sp³-hybridized carbons (Fsp3) is 0.278. The van der Waals surface area contributed by atoms with Crippen molar-refractivity contribution < 1.29 is 13.2 Å². The Kier molecular flexibility index (Phi) is 5.95. The minimum Gasteiger partial charge on any atom is -0.340 e. The summed E-state index contributed by atoms with van der Waals surface area (Å²) in [6, 6.07) is 7.68. The van der Waals surface area contributed by atoms with Crippen LogP contribution >= 0.6 is 23.7 Å². The molecular formula is C18H18ClF3N2S. The van der Waals surface area contributed by atoms with E-state index < -0.39 is 11.7 Å². The second-order valence-corrected chi connectivity index (χ2v) is 6.95. The largest absolute Gasteiger partial charge is 0.416 e. The number of aromatic nitrogens is 1. The Hall–Kier alpha value is -1.79. The molecule has 3 rings (SSSR count). The molecule has 0 saturated heterocycles. The quantitative estimate of drug-likeness (QED) is 0.506. The second-order valence-electron chi connectivity index (χ2n) is 6.04. The highest BCUT2D eigenvalue weighted by molar-refractivity contribution is 7.17. The summed E-state index contributed by atoms with van der Waals surface area (Å²) in [5, 5.41) is 2.56. The molecular weight excluding hydrogens is 369 g/mol. The van der Waals surface area contributed by atoms with Crippen LogP contribution in [-0.2, 0) is 6.18 Å². The molecule has 0 unspecified atom stereocenters. The van der Waals surface area contributed by atoms with Gasteiger partial charge in [0.15, 0.2) is 0 Å². The zero-order valence-electron chi connectivity index (χ0n) is 13.7. The number of anilines is 2. The van der Waals surface area contributed by atoms with Crippen LogP contribution in [0.5, 0.6) is 0 Å². The van der Waals surface area contributed by atoms with Crippen LogP contribution in [0.3, 0.4) is 0 Å². The molecule has 0 aliphatic heterocycles. The molecule has 0 saturated carbocycles. The van der Waals surface area contributed by atoms with Gasteiger partial charge >= 0.3 is 6.18 Å². The molecule has 0 amide bonds. The highest BCUT2D eigenvalue weighted by Crippen LogP contribution is 2.40. The molecule has 7 heteroatoms. The van der Waals surface area contributed by atoms with Crippen LogP contribution in [0.4, 0.5) is 24.5 Å². The van der Waals surface area contributed by atoms with E-state index in [4.69, 9.17) is 0 Å². The number of halogens is 4. The summed E-state index contributed by atoms with van der Waals surface area (Å²) < 4.78 is 40.1. The number of fused-ring (bicyclic) bond motifs is 1. The van der Waals surface area contributed by atoms with Gasteiger partial charge in [0, 0.05) is 40.1 Å². The number of thiophene rings is 1. The van der Waals surface area contributed by atoms with Crippen LogP contribution in [0.15, 0.2) is 48.1 Å². The third-order valence-corrected chi connectivity index (χ3v) is 4.64. The molecule has 0 fully saturated rings. The molecule has 2 heterocycles. The molecule has 0 N–H and O–H groups in total. The van der Waals surface area contributed by atoms with E-state index in [1.54, 1.807) is 18.5 Å². The van der Waals surface area contributed by atoms with Gasteiger partial charge in [-0.1, -0.05) is 13.8 Å². The first-order valence-electron chi connectivity index (χ1n) is 7.62. The van der Waals surface area contributed by atoms with Crippen molar-refractivity contribution in [2.75, 3.05) is 11.4 Å². The van der Waals surface area contributed by atoms with Gasteiger partial charge in [-0.05, 0) is 36.2 Å². The van der Waals surface area contributed by atoms with Gasteiger partial charge in [0.2, 0.25) is 0 Å². The zero-order valence-corrected chi connectivity index (χ0v) is 15.4. The highest BCUT2D eigenvalue weighted by atomic mass is 35.5. The number of benzene rings is 1. The summed E-state index contributed by atoms with van der Waals surface area (Å²) in [5.41, 5.74) is 1.12. The predicted octanol–water partition coefficient (Wildman–Crippen LogP) is 6.53. The molecule has 0 radical (unpaired) electrons. The summed E-state index contributed by atoms with van der Waals surface area (Å²) in [6.45, 7) is 4.89. The zero-order chi connectivity index (χ0) is 17.3. The lowest BCUT2D eigenvalue weighted by atomic mass is 10.1. The van der Waals surface area contributed by atoms with Gasteiger partial charge in [-0.25, -0.2) is 0 Å². The van der Waals surface area contributed by atoms with Gasteiger partial charge in [-0.15, -0.1) is 23.7 Å². The van der Waals surface area contributed by atoms with Crippen LogP contribution in [0.2, 0.25) is 0 Å². The fourth-order valence-electron chi connectivity index (χ4n) is 2.63. The van der Waals surface area contributed by atoms with E-state index in [9.17, 15) is 13.2 Å². The number of rotatable bonds is 4. The van der Waals surface area contributed by atoms with Crippen LogP contribution in [0.1, 0.15) is 19.4 Å². The van der Waals surface area contributed by atoms with Crippen molar-refractivity contribution in [2.24, 2.45) is 5.92 Å². The minimum absolute atomic E-state index is 0. The van der Waals surface area contributed by atoms with Crippen LogP contribution in [0, 0.1) is 5.92 Å². The van der Waals surface area contributed by atoms with Gasteiger partial charge in [0.1, 0.15) is 0 Å². The molecule has 0 atom stereocenters. The van der Waals surface area contributed by atoms with E-state index >= 15 is 0 Å². The van der Waals surface area contributed by atoms with Crippen LogP contribution in [-0.4, -0.2) is 11.5 Å². The van der Waals surface area contributed by atoms with Crippen molar-refractivity contribution in [3.8, 4) is 0 Å². The normalized spacial score (nSPS) is 11.6. The summed E-state index contributed by atoms with van der Waals surface area (Å²) in [7, 11) is 0. The SMILES string of the molecule is CC(C)CN(c1ccncc1)c1csc2ccc(C(F)(F)F)cc12.Cl. The van der Waals surface area contributed by atoms with Crippen LogP contribution < -0.4 is 4.90 Å². The Morgan fingerprint density at radius 3 is 2.40 bits per heavy atom. The number of pyridine rings is 1. The molecule has 0 aliphatic rings. The van der Waals surface area contributed by atoms with E-state index in [0.29, 0.717) is 17.8 Å². The fourth-order valence-corrected chi connectivity index (χ4v) is 3.56. The van der Waals surface area contributed by atoms with Crippen molar-refractivity contribution in [3.63, 3.8) is 0 Å².